The average molecular weight is 535 g/mol. The summed E-state index contributed by atoms with van der Waals surface area (Å²) in [4.78, 5) is 23.9. The van der Waals surface area contributed by atoms with Crippen LogP contribution in [0.1, 0.15) is 34.4 Å². The Balaban J connectivity index is 1.24. The Hall–Kier alpha value is -4.99. The molecule has 0 unspecified atom stereocenters. The Kier molecular flexibility index (Phi) is 6.51. The molecule has 1 aliphatic heterocycles. The molecule has 5 aromatic rings. The molecule has 1 fully saturated rings. The fourth-order valence-corrected chi connectivity index (χ4v) is 4.71. The number of methoxy groups -OCH3 is 1. The van der Waals surface area contributed by atoms with E-state index in [0.717, 1.165) is 42.0 Å². The Morgan fingerprint density at radius 3 is 2.70 bits per heavy atom. The van der Waals surface area contributed by atoms with Gasteiger partial charge in [-0.2, -0.15) is 15.5 Å². The largest absolute Gasteiger partial charge is 0.379 e. The predicted octanol–water partition coefficient (Wildman–Crippen LogP) is 3.35. The number of Topliss-reactive ketones (excluding diaryl/α,β-unsaturated/α-hetero) is 1. The molecule has 1 N–H and O–H groups in total. The molecule has 12 nitrogen and oxygen atoms in total. The van der Waals surface area contributed by atoms with Gasteiger partial charge >= 0.3 is 0 Å². The van der Waals surface area contributed by atoms with Gasteiger partial charge in [0.15, 0.2) is 23.1 Å². The molecule has 6 rings (SSSR count). The molecule has 12 heteroatoms. The van der Waals surface area contributed by atoms with Crippen LogP contribution >= 0.6 is 0 Å². The van der Waals surface area contributed by atoms with Crippen molar-refractivity contribution in [3.63, 3.8) is 0 Å². The zero-order valence-corrected chi connectivity index (χ0v) is 22.2. The van der Waals surface area contributed by atoms with Gasteiger partial charge in [-0.25, -0.2) is 14.6 Å². The Bertz CT molecular complexity index is 1760. The third kappa shape index (κ3) is 4.79. The van der Waals surface area contributed by atoms with Gasteiger partial charge < -0.3 is 10.1 Å². The van der Waals surface area contributed by atoms with E-state index in [1.807, 2.05) is 47.9 Å². The number of imidazole rings is 1. The Labute approximate surface area is 229 Å². The molecule has 0 spiro atoms. The number of nitrogens with zero attached hydrogens (tertiary/aromatic N) is 9. The SMILES string of the molecule is COC1CN(Cc2ccc(Nc3ccc4c(c3)ncn4-c3ccc(C(C)=O)c(-n4nc(C#N)cc4C)n3)nn2)C1. The summed E-state index contributed by atoms with van der Waals surface area (Å²) in [6.07, 6.45) is 1.99. The van der Waals surface area contributed by atoms with Crippen molar-refractivity contribution >= 4 is 28.3 Å². The molecule has 0 aliphatic carbocycles. The fourth-order valence-electron chi connectivity index (χ4n) is 4.71. The first-order chi connectivity index (χ1) is 19.4. The average Bonchev–Trinajstić information content (AvgIpc) is 3.53. The number of aryl methyl sites for hydroxylation is 1. The van der Waals surface area contributed by atoms with Crippen LogP contribution in [0.5, 0.6) is 0 Å². The molecular formula is C28H26N10O2. The zero-order valence-electron chi connectivity index (χ0n) is 22.2. The minimum atomic E-state index is -0.148. The molecular weight excluding hydrogens is 508 g/mol. The first kappa shape index (κ1) is 25.3. The smallest absolute Gasteiger partial charge is 0.166 e. The molecule has 1 saturated heterocycles. The van der Waals surface area contributed by atoms with Gasteiger partial charge in [-0.3, -0.25) is 14.3 Å². The van der Waals surface area contributed by atoms with Crippen LogP contribution in [0.25, 0.3) is 22.7 Å². The second kappa shape index (κ2) is 10.3. The van der Waals surface area contributed by atoms with E-state index in [1.165, 1.54) is 11.6 Å². The van der Waals surface area contributed by atoms with Crippen molar-refractivity contribution in [1.29, 1.82) is 5.26 Å². The highest BCUT2D eigenvalue weighted by Gasteiger charge is 2.26. The van der Waals surface area contributed by atoms with Crippen LogP contribution < -0.4 is 5.32 Å². The Morgan fingerprint density at radius 1 is 1.15 bits per heavy atom. The normalized spacial score (nSPS) is 13.8. The van der Waals surface area contributed by atoms with Crippen LogP contribution in [0.3, 0.4) is 0 Å². The highest BCUT2D eigenvalue weighted by molar-refractivity contribution is 5.97. The number of benzene rings is 1. The zero-order chi connectivity index (χ0) is 27.8. The number of fused-ring (bicyclic) bond motifs is 1. The van der Waals surface area contributed by atoms with Crippen molar-refractivity contribution in [2.24, 2.45) is 0 Å². The second-order valence-corrected chi connectivity index (χ2v) is 9.70. The first-order valence-electron chi connectivity index (χ1n) is 12.7. The van der Waals surface area contributed by atoms with Gasteiger partial charge in [0.1, 0.15) is 18.2 Å². The van der Waals surface area contributed by atoms with E-state index < -0.39 is 0 Å². The number of pyridine rings is 1. The van der Waals surface area contributed by atoms with Crippen LogP contribution in [0.4, 0.5) is 11.5 Å². The number of carbonyl (C=O) groups is 1. The summed E-state index contributed by atoms with van der Waals surface area (Å²) < 4.78 is 8.68. The number of carbonyl (C=O) groups excluding carboxylic acids is 1. The van der Waals surface area contributed by atoms with Crippen LogP contribution in [0.15, 0.2) is 54.9 Å². The number of hydrogen-bond acceptors (Lipinski definition) is 10. The van der Waals surface area contributed by atoms with E-state index in [-0.39, 0.29) is 11.5 Å². The van der Waals surface area contributed by atoms with E-state index >= 15 is 0 Å². The van der Waals surface area contributed by atoms with E-state index in [9.17, 15) is 10.1 Å². The van der Waals surface area contributed by atoms with E-state index in [1.54, 1.807) is 31.6 Å². The lowest BCUT2D eigenvalue weighted by molar-refractivity contribution is -0.0340. The lowest BCUT2D eigenvalue weighted by Gasteiger charge is -2.37. The number of nitrogens with one attached hydrogen (secondary N) is 1. The third-order valence-electron chi connectivity index (χ3n) is 6.87. The van der Waals surface area contributed by atoms with Crippen molar-refractivity contribution in [2.45, 2.75) is 26.5 Å². The molecule has 1 aromatic carbocycles. The van der Waals surface area contributed by atoms with Crippen LogP contribution in [0, 0.1) is 18.3 Å². The predicted molar refractivity (Wildman–Crippen MR) is 147 cm³/mol. The molecule has 0 radical (unpaired) electrons. The maximum atomic E-state index is 12.3. The number of nitriles is 1. The summed E-state index contributed by atoms with van der Waals surface area (Å²) in [5.74, 6) is 1.42. The van der Waals surface area contributed by atoms with Crippen LogP contribution in [0.2, 0.25) is 0 Å². The first-order valence-corrected chi connectivity index (χ1v) is 12.7. The maximum Gasteiger partial charge on any atom is 0.166 e. The van der Waals surface area contributed by atoms with Crippen molar-refractivity contribution in [3.05, 3.63) is 77.5 Å². The number of rotatable bonds is 8. The molecule has 1 aliphatic rings. The van der Waals surface area contributed by atoms with Gasteiger partial charge in [-0.05, 0) is 62.4 Å². The summed E-state index contributed by atoms with van der Waals surface area (Å²) in [7, 11) is 1.74. The number of likely N-dealkylation sites (tertiary alicyclic amines) is 1. The molecule has 5 heterocycles. The van der Waals surface area contributed by atoms with E-state index in [4.69, 9.17) is 9.72 Å². The lowest BCUT2D eigenvalue weighted by atomic mass is 10.1. The summed E-state index contributed by atoms with van der Waals surface area (Å²) in [5, 5.41) is 25.5. The second-order valence-electron chi connectivity index (χ2n) is 9.70. The van der Waals surface area contributed by atoms with Gasteiger partial charge in [-0.1, -0.05) is 0 Å². The summed E-state index contributed by atoms with van der Waals surface area (Å²) in [6.45, 7) is 5.86. The quantitative estimate of drug-likeness (QED) is 0.295. The van der Waals surface area contributed by atoms with Gasteiger partial charge in [0, 0.05) is 38.1 Å². The topological polar surface area (TPSA) is 140 Å². The minimum Gasteiger partial charge on any atom is -0.379 e. The van der Waals surface area contributed by atoms with Crippen molar-refractivity contribution in [2.75, 3.05) is 25.5 Å². The summed E-state index contributed by atoms with van der Waals surface area (Å²) >= 11 is 0. The number of hydrogen-bond donors (Lipinski definition) is 1. The molecule has 0 atom stereocenters. The highest BCUT2D eigenvalue weighted by atomic mass is 16.5. The monoisotopic (exact) mass is 534 g/mol. The van der Waals surface area contributed by atoms with Crippen molar-refractivity contribution in [1.82, 2.24) is 39.4 Å². The summed E-state index contributed by atoms with van der Waals surface area (Å²) in [6, 6.07) is 16.9. The maximum absolute atomic E-state index is 12.3. The number of anilines is 2. The van der Waals surface area contributed by atoms with Gasteiger partial charge in [0.25, 0.3) is 0 Å². The van der Waals surface area contributed by atoms with Gasteiger partial charge in [0.2, 0.25) is 0 Å². The number of aromatic nitrogens is 7. The lowest BCUT2D eigenvalue weighted by Crippen LogP contribution is -2.51. The molecule has 4 aromatic heterocycles. The number of ether oxygens (including phenoxy) is 1. The standard InChI is InChI=1S/C28H26N10O2/c1-17-10-21(12-29)35-38(17)28-23(18(2)39)6-9-27(32-28)37-16-30-24-11-19(4-7-25(24)37)31-26-8-5-20(33-34-26)13-36-14-22(15-36)40-3/h4-11,16,22H,13-15H2,1-3H3,(H,31,34). The van der Waals surface area contributed by atoms with Crippen LogP contribution in [-0.2, 0) is 11.3 Å². The Morgan fingerprint density at radius 2 is 2.00 bits per heavy atom. The van der Waals surface area contributed by atoms with E-state index in [0.29, 0.717) is 34.8 Å². The summed E-state index contributed by atoms with van der Waals surface area (Å²) in [5.41, 5.74) is 4.68. The molecule has 200 valence electrons. The van der Waals surface area contributed by atoms with Crippen LogP contribution in [-0.4, -0.2) is 71.5 Å². The third-order valence-corrected chi connectivity index (χ3v) is 6.87. The molecule has 40 heavy (non-hydrogen) atoms. The van der Waals surface area contributed by atoms with Crippen molar-refractivity contribution in [3.8, 4) is 17.7 Å². The fraction of sp³-hybridized carbons (Fsp3) is 0.250. The molecule has 0 bridgehead atoms. The molecule has 0 amide bonds. The minimum absolute atomic E-state index is 0.148. The van der Waals surface area contributed by atoms with Gasteiger partial charge in [0.05, 0.1) is 28.4 Å². The number of ketones is 1. The van der Waals surface area contributed by atoms with Crippen molar-refractivity contribution < 1.29 is 9.53 Å². The highest BCUT2D eigenvalue weighted by Crippen LogP contribution is 2.25. The van der Waals surface area contributed by atoms with Gasteiger partial charge in [-0.15, -0.1) is 5.10 Å². The molecule has 0 saturated carbocycles. The van der Waals surface area contributed by atoms with E-state index in [2.05, 4.69) is 30.5 Å².